The Morgan fingerprint density at radius 1 is 1.14 bits per heavy atom. The van der Waals surface area contributed by atoms with E-state index in [1.54, 1.807) is 12.3 Å². The molecule has 2 heterocycles. The second-order valence-corrected chi connectivity index (χ2v) is 5.75. The van der Waals surface area contributed by atoms with E-state index in [0.29, 0.717) is 49.0 Å². The summed E-state index contributed by atoms with van der Waals surface area (Å²) in [5.41, 5.74) is 2.37. The largest absolute Gasteiger partial charge is 0.378 e. The van der Waals surface area contributed by atoms with Crippen molar-refractivity contribution in [2.45, 2.75) is 18.8 Å². The van der Waals surface area contributed by atoms with Crippen LogP contribution in [0.4, 0.5) is 0 Å². The molecule has 0 amide bonds. The summed E-state index contributed by atoms with van der Waals surface area (Å²) in [5.74, 6) is 0.291. The first-order chi connectivity index (χ1) is 10.2. The normalized spacial score (nSPS) is 22.1. The zero-order valence-corrected chi connectivity index (χ0v) is 11.7. The van der Waals surface area contributed by atoms with Crippen molar-refractivity contribution in [1.82, 2.24) is 9.88 Å². The number of allylic oxidation sites excluding steroid dienone is 2. The Hall–Kier alpha value is -2.01. The highest BCUT2D eigenvalue weighted by atomic mass is 16.5. The Balaban J connectivity index is 1.70. The van der Waals surface area contributed by atoms with Gasteiger partial charge in [-0.1, -0.05) is 0 Å². The van der Waals surface area contributed by atoms with E-state index in [1.807, 2.05) is 4.90 Å². The smallest absolute Gasteiger partial charge is 0.211 e. The quantitative estimate of drug-likeness (QED) is 0.824. The predicted octanol–water partition coefficient (Wildman–Crippen LogP) is 1.55. The molecule has 1 saturated heterocycles. The number of Topliss-reactive ketones (excluding diaryl/α,β-unsaturated/α-hetero) is 1. The number of fused-ring (bicyclic) bond motifs is 1. The number of carbonyl (C=O) groups excluding carboxylic acids is 2. The summed E-state index contributed by atoms with van der Waals surface area (Å²) in [4.78, 5) is 31.3. The number of ether oxygens (including phenoxy) is 1. The molecular weight excluding hydrogens is 268 g/mol. The third kappa shape index (κ3) is 2.17. The highest BCUT2D eigenvalue weighted by Crippen LogP contribution is 2.39. The molecule has 5 nitrogen and oxygen atoms in total. The first kappa shape index (κ1) is 12.7. The molecule has 1 aromatic rings. The molecule has 0 N–H and O–H groups in total. The van der Waals surface area contributed by atoms with Crippen LogP contribution in [0.25, 0.3) is 0 Å². The van der Waals surface area contributed by atoms with E-state index in [2.05, 4.69) is 4.98 Å². The zero-order valence-electron chi connectivity index (χ0n) is 11.7. The van der Waals surface area contributed by atoms with Crippen molar-refractivity contribution in [3.8, 4) is 0 Å². The lowest BCUT2D eigenvalue weighted by atomic mass is 9.92. The summed E-state index contributed by atoms with van der Waals surface area (Å²) in [6.45, 7) is 2.47. The van der Waals surface area contributed by atoms with Crippen molar-refractivity contribution < 1.29 is 14.3 Å². The fraction of sp³-hybridized carbons (Fsp3) is 0.438. The van der Waals surface area contributed by atoms with Crippen LogP contribution in [0.15, 0.2) is 24.0 Å². The maximum atomic E-state index is 12.6. The lowest BCUT2D eigenvalue weighted by Crippen LogP contribution is -2.39. The van der Waals surface area contributed by atoms with Gasteiger partial charge in [-0.2, -0.15) is 0 Å². The third-order valence-corrected chi connectivity index (χ3v) is 4.28. The van der Waals surface area contributed by atoms with Gasteiger partial charge in [-0.3, -0.25) is 14.6 Å². The Morgan fingerprint density at radius 3 is 2.62 bits per heavy atom. The van der Waals surface area contributed by atoms with Crippen molar-refractivity contribution in [3.63, 3.8) is 0 Å². The minimum atomic E-state index is -0.0960. The zero-order chi connectivity index (χ0) is 14.4. The van der Waals surface area contributed by atoms with Crippen LogP contribution in [0, 0.1) is 0 Å². The number of hydrogen-bond donors (Lipinski definition) is 0. The van der Waals surface area contributed by atoms with Crippen LogP contribution < -0.4 is 0 Å². The van der Waals surface area contributed by atoms with Gasteiger partial charge >= 0.3 is 0 Å². The van der Waals surface area contributed by atoms with E-state index in [4.69, 9.17) is 4.74 Å². The standard InChI is InChI=1S/C16H16N2O3/c19-15-8-14(18-3-5-21-6-4-18)16(20)12-9-17-13(7-11(12)15)10-1-2-10/h7-10H,1-6H2. The fourth-order valence-corrected chi connectivity index (χ4v) is 2.90. The molecule has 0 spiro atoms. The fourth-order valence-electron chi connectivity index (χ4n) is 2.90. The maximum Gasteiger partial charge on any atom is 0.211 e. The second-order valence-electron chi connectivity index (χ2n) is 5.75. The number of aromatic nitrogens is 1. The molecule has 108 valence electrons. The Kier molecular flexibility index (Phi) is 2.89. The number of hydrogen-bond acceptors (Lipinski definition) is 5. The van der Waals surface area contributed by atoms with Gasteiger partial charge in [0.25, 0.3) is 0 Å². The number of ketones is 2. The molecule has 1 aliphatic heterocycles. The van der Waals surface area contributed by atoms with Gasteiger partial charge in [-0.25, -0.2) is 0 Å². The number of morpholine rings is 1. The molecule has 4 rings (SSSR count). The minimum absolute atomic E-state index is 0.0876. The molecule has 21 heavy (non-hydrogen) atoms. The van der Waals surface area contributed by atoms with Gasteiger partial charge in [-0.15, -0.1) is 0 Å². The highest BCUT2D eigenvalue weighted by Gasteiger charge is 2.32. The summed E-state index contributed by atoms with van der Waals surface area (Å²) in [6.07, 6.45) is 5.31. The van der Waals surface area contributed by atoms with Crippen molar-refractivity contribution in [1.29, 1.82) is 0 Å². The first-order valence-electron chi connectivity index (χ1n) is 7.37. The molecule has 3 aliphatic rings. The summed E-state index contributed by atoms with van der Waals surface area (Å²) >= 11 is 0. The molecule has 1 saturated carbocycles. The molecule has 5 heteroatoms. The predicted molar refractivity (Wildman–Crippen MR) is 75.3 cm³/mol. The minimum Gasteiger partial charge on any atom is -0.378 e. The van der Waals surface area contributed by atoms with Crippen LogP contribution in [-0.2, 0) is 4.74 Å². The molecule has 0 radical (unpaired) electrons. The Morgan fingerprint density at radius 2 is 1.90 bits per heavy atom. The number of pyridine rings is 1. The van der Waals surface area contributed by atoms with Crippen LogP contribution in [-0.4, -0.2) is 47.8 Å². The van der Waals surface area contributed by atoms with Crippen molar-refractivity contribution >= 4 is 11.6 Å². The molecule has 0 aromatic carbocycles. The summed E-state index contributed by atoms with van der Waals surface area (Å²) in [6, 6.07) is 1.81. The lowest BCUT2D eigenvalue weighted by Gasteiger charge is -2.31. The van der Waals surface area contributed by atoms with Gasteiger partial charge in [0.05, 0.1) is 24.5 Å². The number of carbonyl (C=O) groups is 2. The van der Waals surface area contributed by atoms with Crippen molar-refractivity contribution in [2.75, 3.05) is 26.3 Å². The van der Waals surface area contributed by atoms with E-state index < -0.39 is 0 Å². The maximum absolute atomic E-state index is 12.6. The van der Waals surface area contributed by atoms with Crippen LogP contribution in [0.3, 0.4) is 0 Å². The van der Waals surface area contributed by atoms with E-state index in [0.717, 1.165) is 18.5 Å². The van der Waals surface area contributed by atoms with Gasteiger partial charge < -0.3 is 9.64 Å². The van der Waals surface area contributed by atoms with Gasteiger partial charge in [0.2, 0.25) is 5.78 Å². The van der Waals surface area contributed by atoms with Gasteiger partial charge in [0.1, 0.15) is 0 Å². The average molecular weight is 284 g/mol. The lowest BCUT2D eigenvalue weighted by molar-refractivity contribution is 0.0501. The van der Waals surface area contributed by atoms with Crippen LogP contribution in [0.2, 0.25) is 0 Å². The van der Waals surface area contributed by atoms with Gasteiger partial charge in [-0.05, 0) is 18.9 Å². The molecule has 2 aliphatic carbocycles. The average Bonchev–Trinajstić information content (AvgIpc) is 3.36. The van der Waals surface area contributed by atoms with Crippen LogP contribution in [0.5, 0.6) is 0 Å². The van der Waals surface area contributed by atoms with Crippen molar-refractivity contribution in [2.24, 2.45) is 0 Å². The monoisotopic (exact) mass is 284 g/mol. The molecular formula is C16H16N2O3. The number of rotatable bonds is 2. The van der Waals surface area contributed by atoms with E-state index in [1.165, 1.54) is 6.08 Å². The van der Waals surface area contributed by atoms with Crippen LogP contribution >= 0.6 is 0 Å². The molecule has 0 bridgehead atoms. The third-order valence-electron chi connectivity index (χ3n) is 4.28. The van der Waals surface area contributed by atoms with E-state index in [-0.39, 0.29) is 11.6 Å². The van der Waals surface area contributed by atoms with E-state index >= 15 is 0 Å². The highest BCUT2D eigenvalue weighted by molar-refractivity contribution is 6.24. The summed E-state index contributed by atoms with van der Waals surface area (Å²) < 4.78 is 5.29. The SMILES string of the molecule is O=C1C=C(N2CCOCC2)C(=O)c2cnc(C3CC3)cc21. The van der Waals surface area contributed by atoms with Gasteiger partial charge in [0, 0.05) is 42.5 Å². The second kappa shape index (κ2) is 4.77. The molecule has 1 aromatic heterocycles. The molecule has 2 fully saturated rings. The van der Waals surface area contributed by atoms with Crippen molar-refractivity contribution in [3.05, 3.63) is 40.9 Å². The van der Waals surface area contributed by atoms with Gasteiger partial charge in [0.15, 0.2) is 5.78 Å². The Labute approximate surface area is 122 Å². The first-order valence-corrected chi connectivity index (χ1v) is 7.37. The molecule has 0 atom stereocenters. The summed E-state index contributed by atoms with van der Waals surface area (Å²) in [5, 5.41) is 0. The Bertz CT molecular complexity index is 655. The topological polar surface area (TPSA) is 59.5 Å². The van der Waals surface area contributed by atoms with E-state index in [9.17, 15) is 9.59 Å². The molecule has 0 unspecified atom stereocenters. The summed E-state index contributed by atoms with van der Waals surface area (Å²) in [7, 11) is 0. The van der Waals surface area contributed by atoms with Crippen LogP contribution in [0.1, 0.15) is 45.2 Å². The number of nitrogens with zero attached hydrogens (tertiary/aromatic N) is 2.